The summed E-state index contributed by atoms with van der Waals surface area (Å²) in [6.45, 7) is 0. The monoisotopic (exact) mass is 1060 g/mol. The minimum absolute atomic E-state index is 0. The van der Waals surface area contributed by atoms with Gasteiger partial charge in [-0.3, -0.25) is 9.97 Å². The van der Waals surface area contributed by atoms with E-state index >= 15 is 0 Å². The number of rotatable bonds is 4. The quantitative estimate of drug-likeness (QED) is 0.165. The number of nitrogens with zero attached hydrogens (tertiary/aromatic N) is 8. The Morgan fingerprint density at radius 2 is 0.720 bits per heavy atom. The first-order chi connectivity index (χ1) is 22.8. The molecule has 0 atom stereocenters. The molecule has 8 aromatic rings. The molecule has 12 heteroatoms. The van der Waals surface area contributed by atoms with Gasteiger partial charge in [-0.2, -0.15) is 0 Å². The van der Waals surface area contributed by atoms with Crippen LogP contribution in [0.2, 0.25) is 0 Å². The van der Waals surface area contributed by atoms with Gasteiger partial charge < -0.3 is 48.0 Å². The molecule has 0 N–H and O–H groups in total. The zero-order chi connectivity index (χ0) is 31.6. The van der Waals surface area contributed by atoms with Crippen LogP contribution in [0.3, 0.4) is 0 Å². The molecule has 0 saturated carbocycles. The van der Waals surface area contributed by atoms with Gasteiger partial charge in [-0.1, -0.05) is 60.1 Å². The van der Waals surface area contributed by atoms with Crippen molar-refractivity contribution in [2.45, 2.75) is 0 Å². The van der Waals surface area contributed by atoms with Crippen molar-refractivity contribution in [1.29, 1.82) is 0 Å². The average Bonchev–Trinajstić information content (AvgIpc) is 3.94. The van der Waals surface area contributed by atoms with Crippen molar-refractivity contribution in [3.05, 3.63) is 176 Å². The van der Waals surface area contributed by atoms with Gasteiger partial charge in [-0.15, -0.1) is 12.2 Å². The molecule has 0 aliphatic heterocycles. The van der Waals surface area contributed by atoms with E-state index < -0.39 is 0 Å². The van der Waals surface area contributed by atoms with E-state index in [1.54, 1.807) is 37.5 Å². The molecule has 9 rings (SSSR count). The van der Waals surface area contributed by atoms with Crippen LogP contribution in [-0.4, -0.2) is 38.2 Å². The van der Waals surface area contributed by atoms with Gasteiger partial charge in [0.15, 0.2) is 0 Å². The second-order valence-corrected chi connectivity index (χ2v) is 10.2. The van der Waals surface area contributed by atoms with Crippen molar-refractivity contribution in [1.82, 2.24) is 38.2 Å². The Balaban J connectivity index is 0.000000818. The SMILES string of the molecule is C1=C(n2ccc3cccnc32)[C-](n2ccc3cccnc32)C=C(n2ccc3cccnc32)[C-]1n1ccc2cccnc21.[CH3-].[CH3-].[CH3-].[CH3-].[Cl][Pt].[Cl][Pt]. The molecule has 8 aromatic heterocycles. The summed E-state index contributed by atoms with van der Waals surface area (Å²) in [7, 11) is 9.22. The van der Waals surface area contributed by atoms with Crippen molar-refractivity contribution in [3.8, 4) is 0 Å². The van der Waals surface area contributed by atoms with E-state index in [0.717, 1.165) is 67.6 Å². The van der Waals surface area contributed by atoms with Gasteiger partial charge in [0.2, 0.25) is 0 Å². The molecule has 0 saturated heterocycles. The fraction of sp³-hybridized carbons (Fsp3) is 0. The maximum absolute atomic E-state index is 4.76. The van der Waals surface area contributed by atoms with Crippen molar-refractivity contribution in [2.75, 3.05) is 0 Å². The van der Waals surface area contributed by atoms with Crippen molar-refractivity contribution < 1.29 is 37.5 Å². The summed E-state index contributed by atoms with van der Waals surface area (Å²) in [6.07, 6.45) is 20.1. The van der Waals surface area contributed by atoms with Gasteiger partial charge in [0.05, 0.1) is 11.3 Å². The van der Waals surface area contributed by atoms with Crippen molar-refractivity contribution in [2.24, 2.45) is 0 Å². The van der Waals surface area contributed by atoms with Crippen LogP contribution in [0.4, 0.5) is 0 Å². The normalized spacial score (nSPS) is 12.0. The predicted octanol–water partition coefficient (Wildman–Crippen LogP) is 9.82. The summed E-state index contributed by atoms with van der Waals surface area (Å²) in [6, 6.07) is 26.5. The Morgan fingerprint density at radius 1 is 0.420 bits per heavy atom. The average molecular weight is 1060 g/mol. The van der Waals surface area contributed by atoms with Gasteiger partial charge in [-0.05, 0) is 59.3 Å². The topological polar surface area (TPSA) is 71.3 Å². The van der Waals surface area contributed by atoms with Crippen molar-refractivity contribution in [3.63, 3.8) is 0 Å². The van der Waals surface area contributed by atoms with Crippen LogP contribution in [0.5, 0.6) is 0 Å². The van der Waals surface area contributed by atoms with Crippen molar-refractivity contribution >= 4 is 74.4 Å². The molecule has 1 aliphatic rings. The van der Waals surface area contributed by atoms with Crippen LogP contribution in [0.25, 0.3) is 55.5 Å². The third-order valence-electron chi connectivity index (χ3n) is 7.90. The number of hydrogen-bond donors (Lipinski definition) is 0. The third kappa shape index (κ3) is 6.95. The molecule has 8 nitrogen and oxygen atoms in total. The fourth-order valence-electron chi connectivity index (χ4n) is 5.97. The molecular formula is C38H34Cl2N8Pt2-6. The van der Waals surface area contributed by atoms with E-state index in [9.17, 15) is 0 Å². The Bertz CT molecular complexity index is 2200. The molecular weight excluding hydrogens is 1030 g/mol. The molecule has 266 valence electrons. The molecule has 50 heavy (non-hydrogen) atoms. The van der Waals surface area contributed by atoms with E-state index in [0.29, 0.717) is 0 Å². The molecule has 0 spiro atoms. The molecule has 0 bridgehead atoms. The molecule has 0 radical (unpaired) electrons. The number of aromatic nitrogens is 8. The summed E-state index contributed by atoms with van der Waals surface area (Å²) in [5.41, 5.74) is 5.45. The van der Waals surface area contributed by atoms with Crippen LogP contribution >= 0.6 is 18.8 Å². The molecule has 0 aromatic carbocycles. The first kappa shape index (κ1) is 40.4. The minimum atomic E-state index is 0. The number of hydrogen-bond acceptors (Lipinski definition) is 4. The third-order valence-corrected chi connectivity index (χ3v) is 7.90. The molecule has 1 aliphatic carbocycles. The van der Waals surface area contributed by atoms with Crippen LogP contribution in [-0.2, 0) is 37.5 Å². The number of pyridine rings is 4. The predicted molar refractivity (Wildman–Crippen MR) is 202 cm³/mol. The summed E-state index contributed by atoms with van der Waals surface area (Å²) in [4.78, 5) is 19.0. The van der Waals surface area contributed by atoms with Crippen LogP contribution in [0.15, 0.2) is 135 Å². The van der Waals surface area contributed by atoms with Gasteiger partial charge in [0.1, 0.15) is 11.3 Å². The first-order valence-electron chi connectivity index (χ1n) is 14.0. The number of fused-ring (bicyclic) bond motifs is 4. The zero-order valence-corrected chi connectivity index (χ0v) is 33.7. The Morgan fingerprint density at radius 3 is 1.08 bits per heavy atom. The Kier molecular flexibility index (Phi) is 14.3. The van der Waals surface area contributed by atoms with Gasteiger partial charge in [0.25, 0.3) is 0 Å². The van der Waals surface area contributed by atoms with E-state index in [4.69, 9.17) is 19.9 Å². The van der Waals surface area contributed by atoms with E-state index in [1.807, 2.05) is 49.1 Å². The summed E-state index contributed by atoms with van der Waals surface area (Å²) < 4.78 is 8.60. The molecule has 0 fully saturated rings. The fourth-order valence-corrected chi connectivity index (χ4v) is 5.97. The second-order valence-electron chi connectivity index (χ2n) is 10.2. The number of halogens is 2. The van der Waals surface area contributed by atoms with E-state index in [1.165, 1.54) is 0 Å². The molecule has 0 unspecified atom stereocenters. The second kappa shape index (κ2) is 17.7. The maximum atomic E-state index is 4.76. The van der Waals surface area contributed by atoms with E-state index in [-0.39, 0.29) is 29.7 Å². The summed E-state index contributed by atoms with van der Waals surface area (Å²) in [5, 5.41) is 4.27. The standard InChI is InChI=1S/C34H22N8.4CH3.2ClH.2Pt/c1-5-23-9-17-39(31(23)35-13-1)27-21-29(41-19-11-25-7-3-15-37-33(25)41)30(42-20-12-26-8-4-16-38-34(26)42)22-28(27)40-18-10-24-6-2-14-36-32(24)40;;;;;;;;/h1-22H;4*1H3;2*1H;;/q-2;4*-1;;;2*+1/p-2. The van der Waals surface area contributed by atoms with Gasteiger partial charge in [-0.25, -0.2) is 9.97 Å². The Hall–Kier alpha value is -4.06. The van der Waals surface area contributed by atoms with Crippen LogP contribution in [0.1, 0.15) is 0 Å². The molecule has 8 heterocycles. The summed E-state index contributed by atoms with van der Waals surface area (Å²) >= 11 is 3.22. The Labute approximate surface area is 324 Å². The van der Waals surface area contributed by atoms with Gasteiger partial charge in [0, 0.05) is 48.0 Å². The van der Waals surface area contributed by atoms with Crippen LogP contribution in [0, 0.1) is 41.8 Å². The first-order valence-corrected chi connectivity index (χ1v) is 19.6. The van der Waals surface area contributed by atoms with Crippen LogP contribution < -0.4 is 0 Å². The van der Waals surface area contributed by atoms with E-state index in [2.05, 4.69) is 123 Å². The summed E-state index contributed by atoms with van der Waals surface area (Å²) in [5.74, 6) is 0. The van der Waals surface area contributed by atoms with Gasteiger partial charge >= 0.3 is 56.4 Å². The zero-order valence-electron chi connectivity index (χ0n) is 27.7. The molecule has 0 amide bonds. The number of allylic oxidation sites excluding steroid dienone is 4.